The third-order valence-corrected chi connectivity index (χ3v) is 4.79. The minimum Gasteiger partial charge on any atom is -0.489 e. The zero-order valence-corrected chi connectivity index (χ0v) is 15.3. The fraction of sp³-hybridized carbons (Fsp3) is 0.250. The lowest BCUT2D eigenvalue weighted by Crippen LogP contribution is -2.69. The van der Waals surface area contributed by atoms with E-state index < -0.39 is 17.4 Å². The molecule has 2 heterocycles. The van der Waals surface area contributed by atoms with E-state index >= 15 is 0 Å². The molecule has 0 saturated carbocycles. The van der Waals surface area contributed by atoms with Crippen molar-refractivity contribution in [1.29, 1.82) is 0 Å². The summed E-state index contributed by atoms with van der Waals surface area (Å²) in [7, 11) is 1.67. The highest BCUT2D eigenvalue weighted by molar-refractivity contribution is 6.07. The summed E-state index contributed by atoms with van der Waals surface area (Å²) < 4.78 is 12.4. The van der Waals surface area contributed by atoms with Crippen molar-refractivity contribution in [3.8, 4) is 5.75 Å². The van der Waals surface area contributed by atoms with Gasteiger partial charge in [-0.25, -0.2) is 0 Å². The molecule has 1 saturated heterocycles. The number of nitrogens with zero attached hydrogens (tertiary/aromatic N) is 2. The van der Waals surface area contributed by atoms with E-state index in [1.165, 1.54) is 4.68 Å². The van der Waals surface area contributed by atoms with E-state index in [0.717, 1.165) is 5.56 Å². The van der Waals surface area contributed by atoms with Crippen molar-refractivity contribution < 1.29 is 19.1 Å². The largest absolute Gasteiger partial charge is 0.489 e. The molecule has 1 aliphatic rings. The summed E-state index contributed by atoms with van der Waals surface area (Å²) in [5, 5.41) is 7.70. The predicted octanol–water partition coefficient (Wildman–Crippen LogP) is 1.14. The number of aryl methyl sites for hydroxylation is 1. The first-order valence-electron chi connectivity index (χ1n) is 8.82. The normalized spacial score (nSPS) is 15.0. The number of hydrogen-bond donors (Lipinski definition) is 2. The highest BCUT2D eigenvalue weighted by Crippen LogP contribution is 2.25. The minimum atomic E-state index is -1.17. The number of hydrogen-bond acceptors (Lipinski definition) is 5. The van der Waals surface area contributed by atoms with Crippen LogP contribution in [0.3, 0.4) is 0 Å². The van der Waals surface area contributed by atoms with Gasteiger partial charge in [0.2, 0.25) is 5.91 Å². The molecule has 0 bridgehead atoms. The van der Waals surface area contributed by atoms with Crippen LogP contribution in [0.5, 0.6) is 5.75 Å². The molecule has 1 fully saturated rings. The van der Waals surface area contributed by atoms with E-state index in [1.54, 1.807) is 19.2 Å². The van der Waals surface area contributed by atoms with E-state index in [4.69, 9.17) is 15.2 Å². The van der Waals surface area contributed by atoms with Crippen molar-refractivity contribution in [1.82, 2.24) is 15.1 Å². The Labute approximate surface area is 161 Å². The van der Waals surface area contributed by atoms with Crippen molar-refractivity contribution in [3.05, 3.63) is 59.8 Å². The number of carbonyl (C=O) groups is 2. The lowest BCUT2D eigenvalue weighted by atomic mass is 9.96. The quantitative estimate of drug-likeness (QED) is 0.667. The second-order valence-corrected chi connectivity index (χ2v) is 6.82. The maximum absolute atomic E-state index is 12.9. The third-order valence-electron chi connectivity index (χ3n) is 4.79. The average Bonchev–Trinajstić information content (AvgIpc) is 2.98. The van der Waals surface area contributed by atoms with Crippen LogP contribution in [0.4, 0.5) is 0 Å². The van der Waals surface area contributed by atoms with Gasteiger partial charge in [0.05, 0.1) is 18.7 Å². The second kappa shape index (κ2) is 6.97. The summed E-state index contributed by atoms with van der Waals surface area (Å²) in [6, 6.07) is 15.2. The number of benzene rings is 2. The second-order valence-electron chi connectivity index (χ2n) is 6.82. The molecule has 0 unspecified atom stereocenters. The van der Waals surface area contributed by atoms with Gasteiger partial charge in [-0.05, 0) is 23.8 Å². The Hall–Kier alpha value is -3.39. The molecular weight excluding hydrogens is 360 g/mol. The lowest BCUT2D eigenvalue weighted by Gasteiger charge is -2.38. The van der Waals surface area contributed by atoms with Crippen molar-refractivity contribution in [2.24, 2.45) is 12.8 Å². The Morgan fingerprint density at radius 2 is 2.00 bits per heavy atom. The number of carbonyl (C=O) groups excluding carboxylic acids is 2. The van der Waals surface area contributed by atoms with E-state index in [9.17, 15) is 9.59 Å². The summed E-state index contributed by atoms with van der Waals surface area (Å²) in [6.07, 6.45) is 0. The van der Waals surface area contributed by atoms with Crippen molar-refractivity contribution in [2.75, 3.05) is 13.2 Å². The molecule has 0 atom stereocenters. The van der Waals surface area contributed by atoms with Gasteiger partial charge in [0.15, 0.2) is 5.54 Å². The smallest absolute Gasteiger partial charge is 0.271 e. The standard InChI is InChI=1S/C20H20N4O4/c1-24-17(18(25)22-20(19(21)26)11-27-12-20)15-9-14(7-8-16(15)23-24)28-10-13-5-3-2-4-6-13/h2-9H,10-12H2,1H3,(H2,21,26)(H,22,25). The van der Waals surface area contributed by atoms with Crippen molar-refractivity contribution >= 4 is 22.7 Å². The van der Waals surface area contributed by atoms with E-state index in [2.05, 4.69) is 10.4 Å². The Morgan fingerprint density at radius 3 is 2.64 bits per heavy atom. The van der Waals surface area contributed by atoms with Gasteiger partial charge in [-0.3, -0.25) is 14.3 Å². The SMILES string of the molecule is Cn1nc2ccc(OCc3ccccc3)cc2c1C(=O)NC1(C(N)=O)COC1. The first-order valence-corrected chi connectivity index (χ1v) is 8.82. The van der Waals surface area contributed by atoms with E-state index in [0.29, 0.717) is 29.0 Å². The van der Waals surface area contributed by atoms with Crippen LogP contribution >= 0.6 is 0 Å². The van der Waals surface area contributed by atoms with E-state index in [-0.39, 0.29) is 13.2 Å². The molecule has 28 heavy (non-hydrogen) atoms. The lowest BCUT2D eigenvalue weighted by molar-refractivity contribution is -0.143. The molecular formula is C20H20N4O4. The molecule has 0 radical (unpaired) electrons. The maximum atomic E-state index is 12.9. The average molecular weight is 380 g/mol. The van der Waals surface area contributed by atoms with Crippen LogP contribution in [-0.2, 0) is 23.2 Å². The molecule has 1 aromatic heterocycles. The predicted molar refractivity (Wildman–Crippen MR) is 102 cm³/mol. The number of fused-ring (bicyclic) bond motifs is 1. The Balaban J connectivity index is 1.60. The molecule has 3 N–H and O–H groups in total. The maximum Gasteiger partial charge on any atom is 0.271 e. The van der Waals surface area contributed by atoms with Gasteiger partial charge < -0.3 is 20.5 Å². The van der Waals surface area contributed by atoms with Crippen LogP contribution in [-0.4, -0.2) is 40.3 Å². The number of nitrogens with one attached hydrogen (secondary N) is 1. The molecule has 1 aliphatic heterocycles. The molecule has 2 aromatic carbocycles. The topological polar surface area (TPSA) is 108 Å². The summed E-state index contributed by atoms with van der Waals surface area (Å²) >= 11 is 0. The fourth-order valence-electron chi connectivity index (χ4n) is 3.14. The van der Waals surface area contributed by atoms with Gasteiger partial charge in [0, 0.05) is 12.4 Å². The van der Waals surface area contributed by atoms with Gasteiger partial charge in [-0.1, -0.05) is 30.3 Å². The first kappa shape index (κ1) is 18.0. The Morgan fingerprint density at radius 1 is 1.25 bits per heavy atom. The molecule has 3 aromatic rings. The molecule has 8 nitrogen and oxygen atoms in total. The number of rotatable bonds is 6. The highest BCUT2D eigenvalue weighted by Gasteiger charge is 2.46. The Bertz CT molecular complexity index is 1040. The fourth-order valence-corrected chi connectivity index (χ4v) is 3.14. The first-order chi connectivity index (χ1) is 13.5. The number of primary amides is 1. The van der Waals surface area contributed by atoms with Crippen LogP contribution in [0.2, 0.25) is 0 Å². The van der Waals surface area contributed by atoms with Gasteiger partial charge in [0.1, 0.15) is 18.1 Å². The third kappa shape index (κ3) is 3.18. The monoisotopic (exact) mass is 380 g/mol. The summed E-state index contributed by atoms with van der Waals surface area (Å²) in [4.78, 5) is 24.6. The molecule has 4 rings (SSSR count). The van der Waals surface area contributed by atoms with Crippen LogP contribution in [0.25, 0.3) is 10.9 Å². The van der Waals surface area contributed by atoms with Gasteiger partial charge >= 0.3 is 0 Å². The molecule has 144 valence electrons. The van der Waals surface area contributed by atoms with Crippen LogP contribution in [0, 0.1) is 0 Å². The molecule has 2 amide bonds. The summed E-state index contributed by atoms with van der Waals surface area (Å²) in [5.74, 6) is -0.437. The van der Waals surface area contributed by atoms with E-state index in [1.807, 2.05) is 36.4 Å². The van der Waals surface area contributed by atoms with Crippen LogP contribution in [0.15, 0.2) is 48.5 Å². The van der Waals surface area contributed by atoms with Crippen LogP contribution < -0.4 is 15.8 Å². The minimum absolute atomic E-state index is 0.0648. The zero-order valence-electron chi connectivity index (χ0n) is 15.3. The van der Waals surface area contributed by atoms with Gasteiger partial charge in [-0.15, -0.1) is 0 Å². The zero-order chi connectivity index (χ0) is 19.7. The number of nitrogens with two attached hydrogens (primary N) is 1. The number of ether oxygens (including phenoxy) is 2. The summed E-state index contributed by atoms with van der Waals surface area (Å²) in [6.45, 7) is 0.543. The number of aromatic nitrogens is 2. The summed E-state index contributed by atoms with van der Waals surface area (Å²) in [5.41, 5.74) is 6.28. The Kier molecular flexibility index (Phi) is 4.48. The highest BCUT2D eigenvalue weighted by atomic mass is 16.5. The van der Waals surface area contributed by atoms with Crippen molar-refractivity contribution in [2.45, 2.75) is 12.1 Å². The van der Waals surface area contributed by atoms with Gasteiger partial charge in [0.25, 0.3) is 5.91 Å². The van der Waals surface area contributed by atoms with Crippen molar-refractivity contribution in [3.63, 3.8) is 0 Å². The van der Waals surface area contributed by atoms with Gasteiger partial charge in [-0.2, -0.15) is 5.10 Å². The molecule has 0 spiro atoms. The number of amides is 2. The van der Waals surface area contributed by atoms with Crippen LogP contribution in [0.1, 0.15) is 16.1 Å². The molecule has 8 heteroatoms. The molecule has 0 aliphatic carbocycles.